The first kappa shape index (κ1) is 18.2. The standard InChI is InChI=1S/C20H27N5O/c1-2-3-13-26-18-9-7-17(8-10-18)15-23-24-19-14-20(22-16-21-19)25-11-5-4-6-12-25/h7-10,14-16H,2-6,11-13H2,1H3,(H,21,22,24). The normalized spacial score (nSPS) is 14.6. The zero-order valence-electron chi connectivity index (χ0n) is 15.4. The van der Waals surface area contributed by atoms with Gasteiger partial charge in [-0.2, -0.15) is 5.10 Å². The molecule has 1 N–H and O–H groups in total. The molecular formula is C20H27N5O. The van der Waals surface area contributed by atoms with Crippen LogP contribution in [0.3, 0.4) is 0 Å². The summed E-state index contributed by atoms with van der Waals surface area (Å²) in [5.74, 6) is 2.56. The van der Waals surface area contributed by atoms with Crippen LogP contribution in [-0.2, 0) is 0 Å². The third kappa shape index (κ3) is 5.44. The Kier molecular flexibility index (Phi) is 6.81. The maximum atomic E-state index is 5.66. The Bertz CT molecular complexity index is 696. The number of unbranched alkanes of at least 4 members (excludes halogenated alkanes) is 1. The van der Waals surface area contributed by atoms with E-state index in [0.29, 0.717) is 5.82 Å². The van der Waals surface area contributed by atoms with Crippen LogP contribution in [0.15, 0.2) is 41.8 Å². The lowest BCUT2D eigenvalue weighted by Crippen LogP contribution is -2.30. The second-order valence-electron chi connectivity index (χ2n) is 6.45. The zero-order valence-corrected chi connectivity index (χ0v) is 15.4. The van der Waals surface area contributed by atoms with E-state index < -0.39 is 0 Å². The lowest BCUT2D eigenvalue weighted by Gasteiger charge is -2.27. The van der Waals surface area contributed by atoms with Gasteiger partial charge in [-0.3, -0.25) is 5.43 Å². The van der Waals surface area contributed by atoms with Crippen LogP contribution in [0.5, 0.6) is 5.75 Å². The molecule has 6 nitrogen and oxygen atoms in total. The van der Waals surface area contributed by atoms with Crippen LogP contribution in [0.25, 0.3) is 0 Å². The molecule has 1 aliphatic rings. The van der Waals surface area contributed by atoms with Crippen molar-refractivity contribution in [1.82, 2.24) is 9.97 Å². The number of hydrogen-bond acceptors (Lipinski definition) is 6. The van der Waals surface area contributed by atoms with Crippen LogP contribution in [0.4, 0.5) is 11.6 Å². The molecule has 6 heteroatoms. The van der Waals surface area contributed by atoms with Gasteiger partial charge in [-0.1, -0.05) is 13.3 Å². The molecule has 0 saturated carbocycles. The fraction of sp³-hybridized carbons (Fsp3) is 0.450. The Balaban J connectivity index is 1.53. The van der Waals surface area contributed by atoms with Gasteiger partial charge < -0.3 is 9.64 Å². The number of benzene rings is 1. The molecule has 0 bridgehead atoms. The van der Waals surface area contributed by atoms with E-state index in [1.807, 2.05) is 30.3 Å². The molecule has 1 aromatic carbocycles. The molecule has 1 aliphatic heterocycles. The van der Waals surface area contributed by atoms with E-state index in [9.17, 15) is 0 Å². The van der Waals surface area contributed by atoms with Crippen LogP contribution in [0.2, 0.25) is 0 Å². The summed E-state index contributed by atoms with van der Waals surface area (Å²) in [6, 6.07) is 9.87. The van der Waals surface area contributed by atoms with E-state index >= 15 is 0 Å². The number of piperidine rings is 1. The lowest BCUT2D eigenvalue weighted by molar-refractivity contribution is 0.309. The molecule has 1 aromatic heterocycles. The highest BCUT2D eigenvalue weighted by molar-refractivity contribution is 5.80. The summed E-state index contributed by atoms with van der Waals surface area (Å²) in [5.41, 5.74) is 3.99. The summed E-state index contributed by atoms with van der Waals surface area (Å²) >= 11 is 0. The summed E-state index contributed by atoms with van der Waals surface area (Å²) in [7, 11) is 0. The molecule has 2 aromatic rings. The summed E-state index contributed by atoms with van der Waals surface area (Å²) in [5, 5.41) is 4.28. The van der Waals surface area contributed by atoms with Gasteiger partial charge in [0.05, 0.1) is 12.8 Å². The predicted molar refractivity (Wildman–Crippen MR) is 106 cm³/mol. The molecule has 0 radical (unpaired) electrons. The van der Waals surface area contributed by atoms with E-state index in [4.69, 9.17) is 4.74 Å². The number of nitrogens with one attached hydrogen (secondary N) is 1. The number of aromatic nitrogens is 2. The van der Waals surface area contributed by atoms with Crippen molar-refractivity contribution in [3.63, 3.8) is 0 Å². The molecule has 0 unspecified atom stereocenters. The Hall–Kier alpha value is -2.63. The molecule has 1 fully saturated rings. The monoisotopic (exact) mass is 353 g/mol. The van der Waals surface area contributed by atoms with Crippen LogP contribution >= 0.6 is 0 Å². The Morgan fingerprint density at radius 3 is 2.73 bits per heavy atom. The van der Waals surface area contributed by atoms with Gasteiger partial charge in [0, 0.05) is 19.2 Å². The molecule has 0 atom stereocenters. The molecule has 138 valence electrons. The number of rotatable bonds is 8. The van der Waals surface area contributed by atoms with Crippen molar-refractivity contribution < 1.29 is 4.74 Å². The number of ether oxygens (including phenoxy) is 1. The highest BCUT2D eigenvalue weighted by atomic mass is 16.5. The first-order valence-electron chi connectivity index (χ1n) is 9.44. The highest BCUT2D eigenvalue weighted by Crippen LogP contribution is 2.19. The molecular weight excluding hydrogens is 326 g/mol. The maximum Gasteiger partial charge on any atom is 0.151 e. The highest BCUT2D eigenvalue weighted by Gasteiger charge is 2.12. The van der Waals surface area contributed by atoms with E-state index in [1.165, 1.54) is 19.3 Å². The fourth-order valence-corrected chi connectivity index (χ4v) is 2.86. The van der Waals surface area contributed by atoms with Gasteiger partial charge >= 0.3 is 0 Å². The number of hydrazone groups is 1. The molecule has 0 spiro atoms. The summed E-state index contributed by atoms with van der Waals surface area (Å²) in [6.45, 7) is 5.04. The number of anilines is 2. The maximum absolute atomic E-state index is 5.66. The van der Waals surface area contributed by atoms with E-state index in [-0.39, 0.29) is 0 Å². The first-order chi connectivity index (χ1) is 12.8. The van der Waals surface area contributed by atoms with Crippen LogP contribution < -0.4 is 15.1 Å². The predicted octanol–water partition coefficient (Wildman–Crippen LogP) is 4.09. The van der Waals surface area contributed by atoms with Gasteiger partial charge in [-0.15, -0.1) is 0 Å². The van der Waals surface area contributed by atoms with E-state index in [2.05, 4.69) is 32.3 Å². The van der Waals surface area contributed by atoms with Gasteiger partial charge in [0.15, 0.2) is 5.82 Å². The third-order valence-electron chi connectivity index (χ3n) is 4.37. The lowest BCUT2D eigenvalue weighted by atomic mass is 10.1. The quantitative estimate of drug-likeness (QED) is 0.440. The van der Waals surface area contributed by atoms with Crippen molar-refractivity contribution in [2.24, 2.45) is 5.10 Å². The topological polar surface area (TPSA) is 62.6 Å². The Labute approximate surface area is 155 Å². The molecule has 1 saturated heterocycles. The minimum absolute atomic E-state index is 0.705. The third-order valence-corrected chi connectivity index (χ3v) is 4.37. The van der Waals surface area contributed by atoms with Crippen molar-refractivity contribution in [3.05, 3.63) is 42.2 Å². The van der Waals surface area contributed by atoms with Gasteiger partial charge in [0.2, 0.25) is 0 Å². The summed E-state index contributed by atoms with van der Waals surface area (Å²) in [6.07, 6.45) is 9.33. The van der Waals surface area contributed by atoms with Crippen LogP contribution in [0, 0.1) is 0 Å². The minimum Gasteiger partial charge on any atom is -0.494 e. The summed E-state index contributed by atoms with van der Waals surface area (Å²) in [4.78, 5) is 10.9. The molecule has 26 heavy (non-hydrogen) atoms. The average molecular weight is 353 g/mol. The number of nitrogens with zero attached hydrogens (tertiary/aromatic N) is 4. The van der Waals surface area contributed by atoms with Crippen LogP contribution in [0.1, 0.15) is 44.6 Å². The SMILES string of the molecule is CCCCOc1ccc(C=NNc2cc(N3CCCCC3)ncn2)cc1. The van der Waals surface area contributed by atoms with Crippen molar-refractivity contribution in [3.8, 4) is 5.75 Å². The van der Waals surface area contributed by atoms with Gasteiger partial charge in [0.25, 0.3) is 0 Å². The molecule has 2 heterocycles. The van der Waals surface area contributed by atoms with Crippen molar-refractivity contribution in [2.45, 2.75) is 39.0 Å². The van der Waals surface area contributed by atoms with Crippen LogP contribution in [-0.4, -0.2) is 35.9 Å². The average Bonchev–Trinajstić information content (AvgIpc) is 2.70. The minimum atomic E-state index is 0.705. The largest absolute Gasteiger partial charge is 0.494 e. The van der Waals surface area contributed by atoms with Gasteiger partial charge in [0.1, 0.15) is 17.9 Å². The smallest absolute Gasteiger partial charge is 0.151 e. The zero-order chi connectivity index (χ0) is 18.0. The Morgan fingerprint density at radius 2 is 1.96 bits per heavy atom. The van der Waals surface area contributed by atoms with Crippen molar-refractivity contribution in [2.75, 3.05) is 30.0 Å². The van der Waals surface area contributed by atoms with Crippen molar-refractivity contribution >= 4 is 17.9 Å². The fourth-order valence-electron chi connectivity index (χ4n) is 2.86. The van der Waals surface area contributed by atoms with Gasteiger partial charge in [-0.05, 0) is 55.5 Å². The molecule has 0 aliphatic carbocycles. The summed E-state index contributed by atoms with van der Waals surface area (Å²) < 4.78 is 5.66. The second-order valence-corrected chi connectivity index (χ2v) is 6.45. The molecule has 0 amide bonds. The van der Waals surface area contributed by atoms with Crippen molar-refractivity contribution in [1.29, 1.82) is 0 Å². The Morgan fingerprint density at radius 1 is 1.15 bits per heavy atom. The van der Waals surface area contributed by atoms with Gasteiger partial charge in [-0.25, -0.2) is 9.97 Å². The second kappa shape index (κ2) is 9.75. The van der Waals surface area contributed by atoms with E-state index in [1.54, 1.807) is 12.5 Å². The first-order valence-corrected chi connectivity index (χ1v) is 9.44. The number of hydrogen-bond donors (Lipinski definition) is 1. The molecule has 3 rings (SSSR count). The van der Waals surface area contributed by atoms with E-state index in [0.717, 1.165) is 49.7 Å².